The minimum absolute atomic E-state index is 0.0998. The van der Waals surface area contributed by atoms with Crippen LogP contribution in [0.25, 0.3) is 10.8 Å². The van der Waals surface area contributed by atoms with E-state index in [4.69, 9.17) is 9.52 Å². The van der Waals surface area contributed by atoms with E-state index in [0.29, 0.717) is 11.6 Å². The fourth-order valence-corrected chi connectivity index (χ4v) is 2.73. The molecule has 0 bridgehead atoms. The van der Waals surface area contributed by atoms with Crippen LogP contribution in [0.15, 0.2) is 14.3 Å². The predicted molar refractivity (Wildman–Crippen MR) is 63.9 cm³/mol. The lowest BCUT2D eigenvalue weighted by atomic mass is 10.3. The number of halogens is 1. The van der Waals surface area contributed by atoms with Crippen molar-refractivity contribution in [1.29, 1.82) is 0 Å². The van der Waals surface area contributed by atoms with Crippen LogP contribution in [0.4, 0.5) is 0 Å². The number of hydrogen-bond donors (Lipinski definition) is 1. The maximum absolute atomic E-state index is 10.8. The summed E-state index contributed by atoms with van der Waals surface area (Å²) in [6, 6.07) is 1.91. The number of hydrogen-bond acceptors (Lipinski definition) is 4. The van der Waals surface area contributed by atoms with Crippen LogP contribution in [-0.2, 0) is 0 Å². The van der Waals surface area contributed by atoms with Crippen LogP contribution in [-0.4, -0.2) is 16.1 Å². The molecule has 0 atom stereocenters. The smallest absolute Gasteiger partial charge is 0.373 e. The molecule has 0 aliphatic heterocycles. The highest BCUT2D eigenvalue weighted by molar-refractivity contribution is 9.11. The molecule has 2 rings (SSSR count). The normalized spacial score (nSPS) is 10.7. The third-order valence-electron chi connectivity index (χ3n) is 2.06. The Bertz CT molecular complexity index is 539. The summed E-state index contributed by atoms with van der Waals surface area (Å²) in [5.41, 5.74) is 1.47. The van der Waals surface area contributed by atoms with Gasteiger partial charge in [-0.25, -0.2) is 9.78 Å². The monoisotopic (exact) mass is 301 g/mol. The standard InChI is InChI=1S/C10H8BrNO3S/c1-4-3-6(16-8(4)11)9-12-5(2)7(15-9)10(13)14/h3H,1-2H3,(H,13,14). The highest BCUT2D eigenvalue weighted by Gasteiger charge is 2.18. The Morgan fingerprint density at radius 2 is 2.25 bits per heavy atom. The number of carboxylic acid groups (broad SMARTS) is 1. The van der Waals surface area contributed by atoms with Crippen LogP contribution in [0.3, 0.4) is 0 Å². The van der Waals surface area contributed by atoms with Crippen molar-refractivity contribution in [1.82, 2.24) is 4.98 Å². The average Bonchev–Trinajstić information content (AvgIpc) is 2.71. The summed E-state index contributed by atoms with van der Waals surface area (Å²) in [6.45, 7) is 3.57. The second-order valence-electron chi connectivity index (χ2n) is 3.31. The van der Waals surface area contributed by atoms with Crippen molar-refractivity contribution in [3.63, 3.8) is 0 Å². The van der Waals surface area contributed by atoms with E-state index in [1.807, 2.05) is 13.0 Å². The van der Waals surface area contributed by atoms with Crippen molar-refractivity contribution in [2.45, 2.75) is 13.8 Å². The molecule has 0 saturated heterocycles. The molecule has 84 valence electrons. The molecule has 0 saturated carbocycles. The Labute approximate surface area is 104 Å². The number of aromatic nitrogens is 1. The van der Waals surface area contributed by atoms with Gasteiger partial charge in [0.1, 0.15) is 0 Å². The summed E-state index contributed by atoms with van der Waals surface area (Å²) in [4.78, 5) is 15.7. The maximum atomic E-state index is 10.8. The molecule has 0 spiro atoms. The van der Waals surface area contributed by atoms with Crippen LogP contribution in [0.1, 0.15) is 21.8 Å². The van der Waals surface area contributed by atoms with Gasteiger partial charge < -0.3 is 9.52 Å². The highest BCUT2D eigenvalue weighted by atomic mass is 79.9. The van der Waals surface area contributed by atoms with Crippen LogP contribution in [0.2, 0.25) is 0 Å². The van der Waals surface area contributed by atoms with Crippen LogP contribution in [0, 0.1) is 13.8 Å². The molecular weight excluding hydrogens is 294 g/mol. The molecule has 0 amide bonds. The van der Waals surface area contributed by atoms with Crippen LogP contribution in [0.5, 0.6) is 0 Å². The van der Waals surface area contributed by atoms with Gasteiger partial charge in [-0.15, -0.1) is 11.3 Å². The summed E-state index contributed by atoms with van der Waals surface area (Å²) < 4.78 is 6.20. The van der Waals surface area contributed by atoms with Crippen LogP contribution < -0.4 is 0 Å². The van der Waals surface area contributed by atoms with Gasteiger partial charge in [-0.05, 0) is 41.4 Å². The predicted octanol–water partition coefficient (Wildman–Crippen LogP) is 3.48. The zero-order valence-corrected chi connectivity index (χ0v) is 11.0. The highest BCUT2D eigenvalue weighted by Crippen LogP contribution is 2.34. The van der Waals surface area contributed by atoms with Crippen LogP contribution >= 0.6 is 27.3 Å². The maximum Gasteiger partial charge on any atom is 0.373 e. The zero-order chi connectivity index (χ0) is 11.9. The van der Waals surface area contributed by atoms with E-state index < -0.39 is 5.97 Å². The number of nitrogens with zero attached hydrogens (tertiary/aromatic N) is 1. The number of carboxylic acids is 1. The van der Waals surface area contributed by atoms with E-state index in [9.17, 15) is 4.79 Å². The van der Waals surface area contributed by atoms with E-state index >= 15 is 0 Å². The summed E-state index contributed by atoms with van der Waals surface area (Å²) in [5.74, 6) is -0.838. The first kappa shape index (κ1) is 11.3. The number of oxazole rings is 1. The Kier molecular flexibility index (Phi) is 2.86. The lowest BCUT2D eigenvalue weighted by Crippen LogP contribution is -1.95. The quantitative estimate of drug-likeness (QED) is 0.922. The lowest BCUT2D eigenvalue weighted by Gasteiger charge is -1.86. The van der Waals surface area contributed by atoms with E-state index in [1.54, 1.807) is 6.92 Å². The summed E-state index contributed by atoms with van der Waals surface area (Å²) in [7, 11) is 0. The van der Waals surface area contributed by atoms with Gasteiger partial charge in [0.15, 0.2) is 0 Å². The van der Waals surface area contributed by atoms with Gasteiger partial charge in [-0.2, -0.15) is 0 Å². The zero-order valence-electron chi connectivity index (χ0n) is 8.57. The van der Waals surface area contributed by atoms with Crippen molar-refractivity contribution in [2.24, 2.45) is 0 Å². The molecule has 4 nitrogen and oxygen atoms in total. The minimum atomic E-state index is -1.09. The van der Waals surface area contributed by atoms with Gasteiger partial charge in [0.2, 0.25) is 11.7 Å². The molecule has 0 aliphatic carbocycles. The molecule has 0 unspecified atom stereocenters. The first-order valence-electron chi connectivity index (χ1n) is 4.46. The fraction of sp³-hybridized carbons (Fsp3) is 0.200. The Hall–Kier alpha value is -1.14. The third-order valence-corrected chi connectivity index (χ3v) is 4.18. The number of aryl methyl sites for hydroxylation is 2. The largest absolute Gasteiger partial charge is 0.475 e. The van der Waals surface area contributed by atoms with Crippen molar-refractivity contribution in [3.8, 4) is 10.8 Å². The molecule has 0 aromatic carbocycles. The third kappa shape index (κ3) is 1.90. The molecule has 0 aliphatic rings. The Morgan fingerprint density at radius 3 is 2.69 bits per heavy atom. The molecule has 0 radical (unpaired) electrons. The molecule has 6 heteroatoms. The second-order valence-corrected chi connectivity index (χ2v) is 5.68. The fourth-order valence-electron chi connectivity index (χ4n) is 1.27. The van der Waals surface area contributed by atoms with Crippen molar-refractivity contribution in [3.05, 3.63) is 26.9 Å². The van der Waals surface area contributed by atoms with E-state index in [-0.39, 0.29) is 5.76 Å². The van der Waals surface area contributed by atoms with Gasteiger partial charge in [-0.1, -0.05) is 0 Å². The van der Waals surface area contributed by atoms with Gasteiger partial charge in [0, 0.05) is 0 Å². The summed E-state index contributed by atoms with van der Waals surface area (Å²) in [6.07, 6.45) is 0. The van der Waals surface area contributed by atoms with E-state index in [2.05, 4.69) is 20.9 Å². The second kappa shape index (κ2) is 4.03. The van der Waals surface area contributed by atoms with Crippen molar-refractivity contribution < 1.29 is 14.3 Å². The summed E-state index contributed by atoms with van der Waals surface area (Å²) in [5, 5.41) is 8.85. The molecule has 2 heterocycles. The number of carbonyl (C=O) groups is 1. The summed E-state index contributed by atoms with van der Waals surface area (Å²) >= 11 is 4.87. The molecule has 2 aromatic heterocycles. The molecule has 1 N–H and O–H groups in total. The Morgan fingerprint density at radius 1 is 1.56 bits per heavy atom. The van der Waals surface area contributed by atoms with Gasteiger partial charge in [0.05, 0.1) is 14.4 Å². The van der Waals surface area contributed by atoms with Crippen molar-refractivity contribution >= 4 is 33.2 Å². The molecule has 0 fully saturated rings. The van der Waals surface area contributed by atoms with E-state index in [0.717, 1.165) is 14.2 Å². The first-order chi connectivity index (χ1) is 7.49. The Balaban J connectivity index is 2.49. The van der Waals surface area contributed by atoms with Gasteiger partial charge in [-0.3, -0.25) is 0 Å². The van der Waals surface area contributed by atoms with Gasteiger partial charge >= 0.3 is 5.97 Å². The number of thiophene rings is 1. The molecule has 2 aromatic rings. The minimum Gasteiger partial charge on any atom is -0.475 e. The average molecular weight is 302 g/mol. The van der Waals surface area contributed by atoms with E-state index in [1.165, 1.54) is 11.3 Å². The number of aromatic carboxylic acids is 1. The molecule has 16 heavy (non-hydrogen) atoms. The topological polar surface area (TPSA) is 63.3 Å². The lowest BCUT2D eigenvalue weighted by molar-refractivity contribution is 0.0662. The van der Waals surface area contributed by atoms with Crippen molar-refractivity contribution in [2.75, 3.05) is 0 Å². The molecular formula is C10H8BrNO3S. The van der Waals surface area contributed by atoms with Gasteiger partial charge in [0.25, 0.3) is 0 Å². The number of rotatable bonds is 2. The SMILES string of the molecule is Cc1cc(-c2nc(C)c(C(=O)O)o2)sc1Br. The first-order valence-corrected chi connectivity index (χ1v) is 6.07.